The van der Waals surface area contributed by atoms with Crippen LogP contribution in [0.2, 0.25) is 0 Å². The van der Waals surface area contributed by atoms with E-state index in [4.69, 9.17) is 10.8 Å². The fourth-order valence-corrected chi connectivity index (χ4v) is 3.87. The van der Waals surface area contributed by atoms with Crippen LogP contribution in [-0.4, -0.2) is 48.0 Å². The van der Waals surface area contributed by atoms with Crippen LogP contribution in [0.15, 0.2) is 24.3 Å². The number of anilines is 1. The van der Waals surface area contributed by atoms with Gasteiger partial charge in [0.2, 0.25) is 17.7 Å². The zero-order valence-corrected chi connectivity index (χ0v) is 18.4. The minimum absolute atomic E-state index is 0.109. The zero-order valence-electron chi connectivity index (χ0n) is 18.4. The van der Waals surface area contributed by atoms with Gasteiger partial charge in [-0.25, -0.2) is 4.79 Å². The van der Waals surface area contributed by atoms with Crippen LogP contribution in [0.3, 0.4) is 0 Å². The summed E-state index contributed by atoms with van der Waals surface area (Å²) in [5.41, 5.74) is 5.12. The molecule has 1 aromatic rings. The van der Waals surface area contributed by atoms with Gasteiger partial charge in [0.15, 0.2) is 0 Å². The quantitative estimate of drug-likeness (QED) is 0.217. The lowest BCUT2D eigenvalue weighted by Gasteiger charge is -2.29. The lowest BCUT2D eigenvalue weighted by molar-refractivity contribution is -0.144. The van der Waals surface area contributed by atoms with Gasteiger partial charge in [0.25, 0.3) is 0 Å². The van der Waals surface area contributed by atoms with Gasteiger partial charge in [0.05, 0.1) is 6.61 Å². The summed E-state index contributed by atoms with van der Waals surface area (Å²) < 4.78 is 0. The largest absolute Gasteiger partial charge is 0.392 e. The molecule has 10 heteroatoms. The number of nitrogens with two attached hydrogens (primary N) is 1. The topological polar surface area (TPSA) is 163 Å². The molecular weight excluding hydrogens is 414 g/mol. The van der Waals surface area contributed by atoms with E-state index in [0.29, 0.717) is 37.1 Å². The molecule has 1 unspecified atom stereocenters. The molecular formula is C22H33N5O5. The highest BCUT2D eigenvalue weighted by Gasteiger charge is 2.48. The Balaban J connectivity index is 2.13. The van der Waals surface area contributed by atoms with Crippen molar-refractivity contribution in [1.82, 2.24) is 16.0 Å². The predicted octanol–water partition coefficient (Wildman–Crippen LogP) is 0.747. The molecule has 7 N–H and O–H groups in total. The maximum absolute atomic E-state index is 13.2. The first-order valence-electron chi connectivity index (χ1n) is 11.0. The second-order valence-electron chi connectivity index (χ2n) is 7.95. The molecule has 1 aliphatic carbocycles. The van der Waals surface area contributed by atoms with E-state index in [-0.39, 0.29) is 25.5 Å². The van der Waals surface area contributed by atoms with Crippen LogP contribution >= 0.6 is 0 Å². The van der Waals surface area contributed by atoms with Gasteiger partial charge in [-0.05, 0) is 50.3 Å². The van der Waals surface area contributed by atoms with Crippen LogP contribution in [-0.2, 0) is 21.0 Å². The molecule has 0 spiro atoms. The zero-order chi connectivity index (χ0) is 23.6. The average molecular weight is 448 g/mol. The molecule has 1 atom stereocenters. The molecule has 1 aliphatic rings. The van der Waals surface area contributed by atoms with Crippen molar-refractivity contribution in [1.29, 1.82) is 0 Å². The van der Waals surface area contributed by atoms with Crippen molar-refractivity contribution in [3.8, 4) is 0 Å². The first-order chi connectivity index (χ1) is 15.3. The van der Waals surface area contributed by atoms with Crippen LogP contribution in [0.25, 0.3) is 0 Å². The Morgan fingerprint density at radius 2 is 1.72 bits per heavy atom. The van der Waals surface area contributed by atoms with Gasteiger partial charge in [0, 0.05) is 18.8 Å². The molecule has 0 aromatic heterocycles. The van der Waals surface area contributed by atoms with Crippen molar-refractivity contribution in [2.75, 3.05) is 18.4 Å². The number of benzene rings is 1. The Hall–Kier alpha value is -3.14. The highest BCUT2D eigenvalue weighted by molar-refractivity contribution is 6.07. The number of carbonyl (C=O) groups excluding carboxylic acids is 4. The van der Waals surface area contributed by atoms with Crippen LogP contribution in [0, 0.1) is 5.41 Å². The van der Waals surface area contributed by atoms with Crippen molar-refractivity contribution in [2.45, 2.75) is 58.1 Å². The number of aliphatic hydroxyl groups excluding tert-OH is 1. The molecule has 1 saturated carbocycles. The number of hydrogen-bond acceptors (Lipinski definition) is 5. The van der Waals surface area contributed by atoms with E-state index in [1.165, 1.54) is 0 Å². The standard InChI is InChI=1S/C22H33N5O5/c1-2-24-19(30)22(11-3-4-12-22)20(31)27-17(6-5-13-25-21(23)32)18(29)26-16-9-7-15(14-28)8-10-16/h7-10,17,28H,2-6,11-14H2,1H3,(H,24,30)(H,26,29)(H,27,31)(H3,23,25,32). The van der Waals surface area contributed by atoms with Crippen LogP contribution < -0.4 is 27.0 Å². The summed E-state index contributed by atoms with van der Waals surface area (Å²) in [7, 11) is 0. The molecule has 2 rings (SSSR count). The van der Waals surface area contributed by atoms with Gasteiger partial charge in [-0.2, -0.15) is 0 Å². The summed E-state index contributed by atoms with van der Waals surface area (Å²) in [6.07, 6.45) is 3.05. The Kier molecular flexibility index (Phi) is 9.45. The molecule has 0 heterocycles. The summed E-state index contributed by atoms with van der Waals surface area (Å²) in [5.74, 6) is -1.21. The summed E-state index contributed by atoms with van der Waals surface area (Å²) in [4.78, 5) is 49.8. The number of primary amides is 1. The minimum Gasteiger partial charge on any atom is -0.392 e. The lowest BCUT2D eigenvalue weighted by atomic mass is 9.83. The normalized spacial score (nSPS) is 15.4. The van der Waals surface area contributed by atoms with Crippen molar-refractivity contribution in [2.24, 2.45) is 11.1 Å². The predicted molar refractivity (Wildman–Crippen MR) is 119 cm³/mol. The first kappa shape index (κ1) is 25.1. The average Bonchev–Trinajstić information content (AvgIpc) is 3.27. The smallest absolute Gasteiger partial charge is 0.312 e. The molecule has 1 aromatic carbocycles. The third-order valence-corrected chi connectivity index (χ3v) is 5.66. The summed E-state index contributed by atoms with van der Waals surface area (Å²) in [6, 6.07) is 5.11. The summed E-state index contributed by atoms with van der Waals surface area (Å²) >= 11 is 0. The minimum atomic E-state index is -1.18. The van der Waals surface area contributed by atoms with Gasteiger partial charge >= 0.3 is 6.03 Å². The fourth-order valence-electron chi connectivity index (χ4n) is 3.87. The highest BCUT2D eigenvalue weighted by Crippen LogP contribution is 2.38. The number of urea groups is 1. The molecule has 0 radical (unpaired) electrons. The number of amides is 5. The van der Waals surface area contributed by atoms with Gasteiger partial charge < -0.3 is 32.1 Å². The molecule has 5 amide bonds. The number of aliphatic hydroxyl groups is 1. The molecule has 32 heavy (non-hydrogen) atoms. The summed E-state index contributed by atoms with van der Waals surface area (Å²) in [6.45, 7) is 2.35. The number of carbonyl (C=O) groups is 4. The highest BCUT2D eigenvalue weighted by atomic mass is 16.3. The Bertz CT molecular complexity index is 805. The number of hydrogen-bond donors (Lipinski definition) is 6. The van der Waals surface area contributed by atoms with Crippen molar-refractivity contribution in [3.63, 3.8) is 0 Å². The van der Waals surface area contributed by atoms with E-state index in [2.05, 4.69) is 21.3 Å². The van der Waals surface area contributed by atoms with Crippen molar-refractivity contribution < 1.29 is 24.3 Å². The van der Waals surface area contributed by atoms with Gasteiger partial charge in [-0.1, -0.05) is 25.0 Å². The molecule has 0 aliphatic heterocycles. The van der Waals surface area contributed by atoms with Crippen LogP contribution in [0.4, 0.5) is 10.5 Å². The molecule has 0 saturated heterocycles. The van der Waals surface area contributed by atoms with E-state index in [1.54, 1.807) is 31.2 Å². The van der Waals surface area contributed by atoms with E-state index in [1.807, 2.05) is 0 Å². The SMILES string of the molecule is CCNC(=O)C1(C(=O)NC(CCCNC(N)=O)C(=O)Nc2ccc(CO)cc2)CCCC1. The summed E-state index contributed by atoms with van der Waals surface area (Å²) in [5, 5.41) is 19.9. The Labute approximate surface area is 187 Å². The van der Waals surface area contributed by atoms with Gasteiger partial charge in [0.1, 0.15) is 11.5 Å². The van der Waals surface area contributed by atoms with E-state index in [9.17, 15) is 19.2 Å². The van der Waals surface area contributed by atoms with Crippen molar-refractivity contribution in [3.05, 3.63) is 29.8 Å². The van der Waals surface area contributed by atoms with Crippen LogP contribution in [0.5, 0.6) is 0 Å². The molecule has 1 fully saturated rings. The maximum Gasteiger partial charge on any atom is 0.312 e. The maximum atomic E-state index is 13.2. The van der Waals surface area contributed by atoms with Gasteiger partial charge in [-0.15, -0.1) is 0 Å². The molecule has 0 bridgehead atoms. The monoisotopic (exact) mass is 447 g/mol. The first-order valence-corrected chi connectivity index (χ1v) is 11.0. The number of nitrogens with one attached hydrogen (secondary N) is 4. The Morgan fingerprint density at radius 3 is 2.28 bits per heavy atom. The molecule has 176 valence electrons. The van der Waals surface area contributed by atoms with E-state index >= 15 is 0 Å². The number of rotatable bonds is 11. The van der Waals surface area contributed by atoms with E-state index in [0.717, 1.165) is 12.8 Å². The second-order valence-corrected chi connectivity index (χ2v) is 7.95. The second kappa shape index (κ2) is 12.0. The van der Waals surface area contributed by atoms with Crippen molar-refractivity contribution >= 4 is 29.4 Å². The van der Waals surface area contributed by atoms with Crippen LogP contribution in [0.1, 0.15) is 51.0 Å². The Morgan fingerprint density at radius 1 is 1.06 bits per heavy atom. The third-order valence-electron chi connectivity index (χ3n) is 5.66. The lowest BCUT2D eigenvalue weighted by Crippen LogP contribution is -2.54. The van der Waals surface area contributed by atoms with E-state index < -0.39 is 29.3 Å². The third kappa shape index (κ3) is 6.68. The molecule has 10 nitrogen and oxygen atoms in total. The fraction of sp³-hybridized carbons (Fsp3) is 0.545. The van der Waals surface area contributed by atoms with Gasteiger partial charge in [-0.3, -0.25) is 14.4 Å².